The lowest BCUT2D eigenvalue weighted by Gasteiger charge is -2.33. The third-order valence-corrected chi connectivity index (χ3v) is 7.48. The van der Waals surface area contributed by atoms with E-state index in [-0.39, 0.29) is 36.2 Å². The highest BCUT2D eigenvalue weighted by atomic mass is 16.3. The molecule has 0 unspecified atom stereocenters. The number of likely N-dealkylation sites (tertiary alicyclic amines) is 1. The summed E-state index contributed by atoms with van der Waals surface area (Å²) in [4.78, 5) is 41.9. The van der Waals surface area contributed by atoms with Crippen LogP contribution in [0.2, 0.25) is 0 Å². The zero-order valence-electron chi connectivity index (χ0n) is 20.4. The van der Waals surface area contributed by atoms with Crippen molar-refractivity contribution in [2.75, 3.05) is 25.5 Å². The summed E-state index contributed by atoms with van der Waals surface area (Å²) in [6.45, 7) is 2.54. The number of unbranched alkanes of at least 4 members (excludes halogenated alkanes) is 2. The maximum atomic E-state index is 13.7. The van der Waals surface area contributed by atoms with Crippen LogP contribution in [0.1, 0.15) is 32.6 Å². The van der Waals surface area contributed by atoms with E-state index in [1.165, 1.54) is 0 Å². The lowest BCUT2D eigenvalue weighted by molar-refractivity contribution is -0.140. The Morgan fingerprint density at radius 3 is 2.49 bits per heavy atom. The van der Waals surface area contributed by atoms with E-state index in [1.807, 2.05) is 61.5 Å². The van der Waals surface area contributed by atoms with Crippen molar-refractivity contribution in [2.24, 2.45) is 23.7 Å². The van der Waals surface area contributed by atoms with E-state index < -0.39 is 17.9 Å². The van der Waals surface area contributed by atoms with E-state index in [0.29, 0.717) is 25.1 Å². The predicted molar refractivity (Wildman–Crippen MR) is 136 cm³/mol. The Hall–Kier alpha value is -3.19. The summed E-state index contributed by atoms with van der Waals surface area (Å²) >= 11 is 0. The number of amides is 3. The van der Waals surface area contributed by atoms with Crippen molar-refractivity contribution in [1.29, 1.82) is 0 Å². The number of aliphatic hydroxyl groups excluding tert-OH is 1. The first-order valence-corrected chi connectivity index (χ1v) is 12.6. The minimum Gasteiger partial charge on any atom is -0.396 e. The molecule has 0 bridgehead atoms. The minimum atomic E-state index is -0.686. The van der Waals surface area contributed by atoms with E-state index in [2.05, 4.69) is 10.6 Å². The summed E-state index contributed by atoms with van der Waals surface area (Å²) in [5.41, 5.74) is 0.680. The number of rotatable bonds is 9. The van der Waals surface area contributed by atoms with Crippen LogP contribution in [0.3, 0.4) is 0 Å². The summed E-state index contributed by atoms with van der Waals surface area (Å²) < 4.78 is 0. The number of nitrogens with one attached hydrogen (secondary N) is 2. The number of fused-ring (bicyclic) bond motifs is 2. The molecule has 3 N–H and O–H groups in total. The fourth-order valence-electron chi connectivity index (χ4n) is 5.71. The molecule has 2 aromatic carbocycles. The van der Waals surface area contributed by atoms with E-state index >= 15 is 0 Å². The molecule has 0 radical (unpaired) electrons. The van der Waals surface area contributed by atoms with Gasteiger partial charge < -0.3 is 20.6 Å². The van der Waals surface area contributed by atoms with Crippen LogP contribution < -0.4 is 10.6 Å². The van der Waals surface area contributed by atoms with Gasteiger partial charge in [-0.15, -0.1) is 0 Å². The van der Waals surface area contributed by atoms with E-state index in [9.17, 15) is 14.4 Å². The number of anilines is 1. The second kappa shape index (κ2) is 11.0. The zero-order chi connectivity index (χ0) is 24.9. The molecule has 5 atom stereocenters. The van der Waals surface area contributed by atoms with Gasteiger partial charge in [0, 0.05) is 31.8 Å². The van der Waals surface area contributed by atoms with Crippen molar-refractivity contribution < 1.29 is 19.5 Å². The van der Waals surface area contributed by atoms with Crippen molar-refractivity contribution in [2.45, 2.75) is 38.6 Å². The maximum absolute atomic E-state index is 13.7. The summed E-state index contributed by atoms with van der Waals surface area (Å²) in [6.07, 6.45) is 6.85. The molecule has 4 rings (SSSR count). The number of aliphatic hydroxyl groups is 1. The van der Waals surface area contributed by atoms with Gasteiger partial charge in [0.25, 0.3) is 0 Å². The number of carbonyl (C=O) groups excluding carboxylic acids is 3. The van der Waals surface area contributed by atoms with Crippen molar-refractivity contribution in [3.05, 3.63) is 54.6 Å². The maximum Gasteiger partial charge on any atom is 0.247 e. The highest BCUT2D eigenvalue weighted by Crippen LogP contribution is 2.45. The van der Waals surface area contributed by atoms with Crippen molar-refractivity contribution in [3.63, 3.8) is 0 Å². The molecule has 1 heterocycles. The quantitative estimate of drug-likeness (QED) is 0.381. The zero-order valence-corrected chi connectivity index (χ0v) is 20.4. The Labute approximate surface area is 206 Å². The fraction of sp³-hybridized carbons (Fsp3) is 0.464. The molecule has 1 fully saturated rings. The van der Waals surface area contributed by atoms with Crippen molar-refractivity contribution >= 4 is 34.2 Å². The van der Waals surface area contributed by atoms with Gasteiger partial charge in [-0.2, -0.15) is 0 Å². The Morgan fingerprint density at radius 1 is 1.00 bits per heavy atom. The molecule has 0 spiro atoms. The normalized spacial score (nSPS) is 25.5. The van der Waals surface area contributed by atoms with Gasteiger partial charge in [-0.3, -0.25) is 14.4 Å². The van der Waals surface area contributed by atoms with Gasteiger partial charge in [-0.25, -0.2) is 0 Å². The molecule has 35 heavy (non-hydrogen) atoms. The van der Waals surface area contributed by atoms with Crippen molar-refractivity contribution in [3.8, 4) is 0 Å². The number of carbonyl (C=O) groups is 3. The largest absolute Gasteiger partial charge is 0.396 e. The highest BCUT2D eigenvalue weighted by molar-refractivity contribution is 6.02. The van der Waals surface area contributed by atoms with Crippen LogP contribution in [0.4, 0.5) is 5.69 Å². The number of allylic oxidation sites excluding steroid dienone is 1. The number of hydrogen-bond donors (Lipinski definition) is 3. The lowest BCUT2D eigenvalue weighted by atomic mass is 9.69. The molecule has 1 aliphatic carbocycles. The molecule has 2 aromatic rings. The van der Waals surface area contributed by atoms with Crippen LogP contribution >= 0.6 is 0 Å². The van der Waals surface area contributed by atoms with Crippen LogP contribution in [0.5, 0.6) is 0 Å². The minimum absolute atomic E-state index is 0.0429. The highest BCUT2D eigenvalue weighted by Gasteiger charge is 2.56. The Morgan fingerprint density at radius 2 is 1.77 bits per heavy atom. The third-order valence-electron chi connectivity index (χ3n) is 7.48. The SMILES string of the molecule is CC[C@@H]1C=C[C@H]2[C@H](C(=O)N(CCCCCO)[C@@H]2C(=O)Nc2ccc3ccccc3c2)[C@@H]1C(=O)NC. The molecule has 3 amide bonds. The average molecular weight is 478 g/mol. The van der Waals surface area contributed by atoms with Crippen LogP contribution in [-0.4, -0.2) is 54.0 Å². The predicted octanol–water partition coefficient (Wildman–Crippen LogP) is 3.34. The first-order valence-electron chi connectivity index (χ1n) is 12.6. The van der Waals surface area contributed by atoms with E-state index in [0.717, 1.165) is 23.6 Å². The van der Waals surface area contributed by atoms with Gasteiger partial charge in [-0.1, -0.05) is 49.4 Å². The van der Waals surface area contributed by atoms with Crippen LogP contribution in [0, 0.1) is 23.7 Å². The van der Waals surface area contributed by atoms with Gasteiger partial charge in [-0.05, 0) is 54.5 Å². The van der Waals surface area contributed by atoms with E-state index in [4.69, 9.17) is 5.11 Å². The van der Waals surface area contributed by atoms with Gasteiger partial charge >= 0.3 is 0 Å². The Balaban J connectivity index is 1.64. The molecule has 7 nitrogen and oxygen atoms in total. The number of benzene rings is 2. The summed E-state index contributed by atoms with van der Waals surface area (Å²) in [5, 5.41) is 17.0. The molecule has 1 aliphatic heterocycles. The summed E-state index contributed by atoms with van der Waals surface area (Å²) in [5.74, 6) is -1.99. The molecule has 0 aromatic heterocycles. The van der Waals surface area contributed by atoms with Crippen LogP contribution in [0.25, 0.3) is 10.8 Å². The molecule has 1 saturated heterocycles. The Bertz CT molecular complexity index is 1110. The van der Waals surface area contributed by atoms with Gasteiger partial charge in [0.1, 0.15) is 6.04 Å². The third kappa shape index (κ3) is 4.96. The smallest absolute Gasteiger partial charge is 0.247 e. The summed E-state index contributed by atoms with van der Waals surface area (Å²) in [6, 6.07) is 13.0. The fourth-order valence-corrected chi connectivity index (χ4v) is 5.71. The molecule has 186 valence electrons. The van der Waals surface area contributed by atoms with Crippen molar-refractivity contribution in [1.82, 2.24) is 10.2 Å². The van der Waals surface area contributed by atoms with Gasteiger partial charge in [0.05, 0.1) is 11.8 Å². The first-order chi connectivity index (χ1) is 17.0. The average Bonchev–Trinajstić information content (AvgIpc) is 3.16. The molecule has 7 heteroatoms. The molecular formula is C28H35N3O4. The van der Waals surface area contributed by atoms with Crippen LogP contribution in [-0.2, 0) is 14.4 Å². The standard InChI is InChI=1S/C28H35N3O4/c1-3-18-12-14-22-24(23(18)26(33)29-2)28(35)31(15-7-4-8-16-32)25(22)27(34)30-21-13-11-19-9-5-6-10-20(19)17-21/h5-6,9-14,17-18,22-25,32H,3-4,7-8,15-16H2,1-2H3,(H,29,33)(H,30,34)/t18-,22+,23-,24+,25+/m1/s1. The number of hydrogen-bond acceptors (Lipinski definition) is 4. The van der Waals surface area contributed by atoms with Gasteiger partial charge in [0.15, 0.2) is 0 Å². The lowest BCUT2D eigenvalue weighted by Crippen LogP contribution is -2.45. The second-order valence-electron chi connectivity index (χ2n) is 9.51. The second-order valence-corrected chi connectivity index (χ2v) is 9.51. The van der Waals surface area contributed by atoms with Gasteiger partial charge in [0.2, 0.25) is 17.7 Å². The molecule has 0 saturated carbocycles. The first kappa shape index (κ1) is 24.9. The molecular weight excluding hydrogens is 442 g/mol. The monoisotopic (exact) mass is 477 g/mol. The molecule has 2 aliphatic rings. The van der Waals surface area contributed by atoms with E-state index in [1.54, 1.807) is 11.9 Å². The number of nitrogens with zero attached hydrogens (tertiary/aromatic N) is 1. The Kier molecular flexibility index (Phi) is 7.86. The van der Waals surface area contributed by atoms with Crippen LogP contribution in [0.15, 0.2) is 54.6 Å². The topological polar surface area (TPSA) is 98.7 Å². The summed E-state index contributed by atoms with van der Waals surface area (Å²) in [7, 11) is 1.60.